The number of piperidine rings is 1. The van der Waals surface area contributed by atoms with Gasteiger partial charge >= 0.3 is 0 Å². The Hall–Kier alpha value is -1.16. The standard InChI is InChI=1S/C11H18N4/c1-8-6-13-9(2)11(14-8)15-10-4-3-5-12-7-10/h6,10,12H,3-5,7H2,1-2H3,(H,14,15). The van der Waals surface area contributed by atoms with Crippen molar-refractivity contribution in [3.63, 3.8) is 0 Å². The Kier molecular flexibility index (Phi) is 3.16. The van der Waals surface area contributed by atoms with Gasteiger partial charge in [-0.3, -0.25) is 4.98 Å². The number of anilines is 1. The van der Waals surface area contributed by atoms with Crippen molar-refractivity contribution in [2.24, 2.45) is 0 Å². The minimum atomic E-state index is 0.494. The van der Waals surface area contributed by atoms with Gasteiger partial charge in [0.25, 0.3) is 0 Å². The summed E-state index contributed by atoms with van der Waals surface area (Å²) in [6.07, 6.45) is 4.25. The summed E-state index contributed by atoms with van der Waals surface area (Å²) >= 11 is 0. The predicted molar refractivity (Wildman–Crippen MR) is 61.0 cm³/mol. The van der Waals surface area contributed by atoms with Crippen molar-refractivity contribution in [3.05, 3.63) is 17.6 Å². The zero-order valence-electron chi connectivity index (χ0n) is 9.38. The molecule has 15 heavy (non-hydrogen) atoms. The van der Waals surface area contributed by atoms with Crippen LogP contribution in [0.4, 0.5) is 5.82 Å². The smallest absolute Gasteiger partial charge is 0.148 e. The molecule has 0 saturated carbocycles. The molecule has 4 heteroatoms. The first kappa shape index (κ1) is 10.4. The Morgan fingerprint density at radius 1 is 1.47 bits per heavy atom. The van der Waals surface area contributed by atoms with Crippen LogP contribution < -0.4 is 10.6 Å². The molecule has 1 unspecified atom stereocenters. The van der Waals surface area contributed by atoms with E-state index in [1.54, 1.807) is 6.20 Å². The number of hydrogen-bond donors (Lipinski definition) is 2. The number of rotatable bonds is 2. The molecule has 1 aromatic heterocycles. The van der Waals surface area contributed by atoms with Crippen molar-refractivity contribution in [3.8, 4) is 0 Å². The van der Waals surface area contributed by atoms with E-state index in [1.807, 2.05) is 13.8 Å². The summed E-state index contributed by atoms with van der Waals surface area (Å²) in [4.78, 5) is 8.76. The summed E-state index contributed by atoms with van der Waals surface area (Å²) in [6, 6.07) is 0.494. The number of aromatic nitrogens is 2. The van der Waals surface area contributed by atoms with Gasteiger partial charge in [0.2, 0.25) is 0 Å². The molecule has 82 valence electrons. The molecule has 1 saturated heterocycles. The second kappa shape index (κ2) is 4.57. The largest absolute Gasteiger partial charge is 0.365 e. The maximum Gasteiger partial charge on any atom is 0.148 e. The van der Waals surface area contributed by atoms with E-state index in [9.17, 15) is 0 Å². The van der Waals surface area contributed by atoms with Crippen LogP contribution in [0.25, 0.3) is 0 Å². The van der Waals surface area contributed by atoms with Crippen LogP contribution in [0.15, 0.2) is 6.20 Å². The maximum atomic E-state index is 4.47. The Labute approximate surface area is 90.5 Å². The lowest BCUT2D eigenvalue weighted by atomic mass is 10.1. The summed E-state index contributed by atoms with van der Waals surface area (Å²) in [6.45, 7) is 6.12. The Morgan fingerprint density at radius 2 is 2.33 bits per heavy atom. The summed E-state index contributed by atoms with van der Waals surface area (Å²) in [5.41, 5.74) is 1.94. The Balaban J connectivity index is 2.05. The van der Waals surface area contributed by atoms with E-state index in [2.05, 4.69) is 20.6 Å². The molecule has 1 atom stereocenters. The highest BCUT2D eigenvalue weighted by molar-refractivity contribution is 5.40. The maximum absolute atomic E-state index is 4.47. The third-order valence-corrected chi connectivity index (χ3v) is 2.71. The van der Waals surface area contributed by atoms with Crippen LogP contribution in [0.5, 0.6) is 0 Å². The third kappa shape index (κ3) is 2.65. The van der Waals surface area contributed by atoms with Crippen LogP contribution in [0.1, 0.15) is 24.2 Å². The van der Waals surface area contributed by atoms with Crippen molar-refractivity contribution < 1.29 is 0 Å². The first-order chi connectivity index (χ1) is 7.25. The topological polar surface area (TPSA) is 49.8 Å². The lowest BCUT2D eigenvalue weighted by molar-refractivity contribution is 0.478. The Bertz CT molecular complexity index is 331. The highest BCUT2D eigenvalue weighted by Crippen LogP contribution is 2.13. The van der Waals surface area contributed by atoms with Gasteiger partial charge in [0.15, 0.2) is 0 Å². The minimum Gasteiger partial charge on any atom is -0.365 e. The molecule has 0 bridgehead atoms. The second-order valence-corrected chi connectivity index (χ2v) is 4.13. The summed E-state index contributed by atoms with van der Waals surface area (Å²) in [7, 11) is 0. The molecule has 2 rings (SSSR count). The number of nitrogens with one attached hydrogen (secondary N) is 2. The van der Waals surface area contributed by atoms with Crippen LogP contribution in [0, 0.1) is 13.8 Å². The van der Waals surface area contributed by atoms with E-state index in [0.29, 0.717) is 6.04 Å². The van der Waals surface area contributed by atoms with Gasteiger partial charge in [-0.2, -0.15) is 0 Å². The molecule has 1 fully saturated rings. The monoisotopic (exact) mass is 206 g/mol. The average molecular weight is 206 g/mol. The SMILES string of the molecule is Cc1cnc(C)c(NC2CCCNC2)n1. The molecule has 0 spiro atoms. The summed E-state index contributed by atoms with van der Waals surface area (Å²) in [5.74, 6) is 0.934. The van der Waals surface area contributed by atoms with Gasteiger partial charge in [-0.25, -0.2) is 4.98 Å². The summed E-state index contributed by atoms with van der Waals surface area (Å²) in [5, 5.41) is 6.83. The van der Waals surface area contributed by atoms with Crippen molar-refractivity contribution in [1.29, 1.82) is 0 Å². The highest BCUT2D eigenvalue weighted by Gasteiger charge is 2.14. The first-order valence-corrected chi connectivity index (χ1v) is 5.53. The molecule has 0 aromatic carbocycles. The normalized spacial score (nSPS) is 21.3. The van der Waals surface area contributed by atoms with Crippen LogP contribution in [-0.4, -0.2) is 29.1 Å². The quantitative estimate of drug-likeness (QED) is 0.765. The summed E-state index contributed by atoms with van der Waals surface area (Å²) < 4.78 is 0. The number of nitrogens with zero attached hydrogens (tertiary/aromatic N) is 2. The van der Waals surface area contributed by atoms with Gasteiger partial charge < -0.3 is 10.6 Å². The van der Waals surface area contributed by atoms with Gasteiger partial charge in [0.1, 0.15) is 5.82 Å². The minimum absolute atomic E-state index is 0.494. The van der Waals surface area contributed by atoms with E-state index >= 15 is 0 Å². The Morgan fingerprint density at radius 3 is 3.07 bits per heavy atom. The van der Waals surface area contributed by atoms with Crippen molar-refractivity contribution >= 4 is 5.82 Å². The van der Waals surface area contributed by atoms with Crippen molar-refractivity contribution in [2.75, 3.05) is 18.4 Å². The lowest BCUT2D eigenvalue weighted by Gasteiger charge is -2.24. The van der Waals surface area contributed by atoms with Gasteiger partial charge in [-0.05, 0) is 33.2 Å². The first-order valence-electron chi connectivity index (χ1n) is 5.53. The zero-order chi connectivity index (χ0) is 10.7. The lowest BCUT2D eigenvalue weighted by Crippen LogP contribution is -2.38. The van der Waals surface area contributed by atoms with Gasteiger partial charge in [-0.1, -0.05) is 0 Å². The molecule has 0 aliphatic carbocycles. The van der Waals surface area contributed by atoms with Gasteiger partial charge in [0, 0.05) is 18.8 Å². The van der Waals surface area contributed by atoms with E-state index < -0.39 is 0 Å². The molecule has 4 nitrogen and oxygen atoms in total. The van der Waals surface area contributed by atoms with Crippen molar-refractivity contribution in [2.45, 2.75) is 32.7 Å². The van der Waals surface area contributed by atoms with Gasteiger partial charge in [0.05, 0.1) is 11.4 Å². The fraction of sp³-hybridized carbons (Fsp3) is 0.636. The second-order valence-electron chi connectivity index (χ2n) is 4.13. The molecule has 1 aliphatic rings. The zero-order valence-corrected chi connectivity index (χ0v) is 9.38. The molecule has 1 aliphatic heterocycles. The molecule has 1 aromatic rings. The molecular weight excluding hydrogens is 188 g/mol. The fourth-order valence-electron chi connectivity index (χ4n) is 1.84. The van der Waals surface area contributed by atoms with E-state index in [0.717, 1.165) is 30.3 Å². The average Bonchev–Trinajstić information content (AvgIpc) is 2.25. The van der Waals surface area contributed by atoms with Crippen LogP contribution >= 0.6 is 0 Å². The number of hydrogen-bond acceptors (Lipinski definition) is 4. The number of aryl methyl sites for hydroxylation is 2. The molecule has 2 heterocycles. The van der Waals surface area contributed by atoms with Gasteiger partial charge in [-0.15, -0.1) is 0 Å². The molecule has 0 amide bonds. The highest BCUT2D eigenvalue weighted by atomic mass is 15.1. The predicted octanol–water partition coefficient (Wildman–Crippen LogP) is 1.26. The van der Waals surface area contributed by atoms with E-state index in [-0.39, 0.29) is 0 Å². The van der Waals surface area contributed by atoms with Crippen LogP contribution in [0.3, 0.4) is 0 Å². The third-order valence-electron chi connectivity index (χ3n) is 2.71. The molecule has 2 N–H and O–H groups in total. The van der Waals surface area contributed by atoms with E-state index in [4.69, 9.17) is 0 Å². The molecular formula is C11H18N4. The van der Waals surface area contributed by atoms with E-state index in [1.165, 1.54) is 12.8 Å². The van der Waals surface area contributed by atoms with Crippen LogP contribution in [-0.2, 0) is 0 Å². The van der Waals surface area contributed by atoms with Crippen molar-refractivity contribution in [1.82, 2.24) is 15.3 Å². The van der Waals surface area contributed by atoms with Crippen LogP contribution in [0.2, 0.25) is 0 Å². The molecule has 0 radical (unpaired) electrons. The fourth-order valence-corrected chi connectivity index (χ4v) is 1.84.